The van der Waals surface area contributed by atoms with Gasteiger partial charge in [-0.2, -0.15) is 0 Å². The fourth-order valence-electron chi connectivity index (χ4n) is 4.37. The molecule has 1 amide bonds. The Morgan fingerprint density at radius 2 is 1.63 bits per heavy atom. The van der Waals surface area contributed by atoms with Gasteiger partial charge in [0.15, 0.2) is 9.84 Å². The largest absolute Gasteiger partial charge is 0.496 e. The number of benzene rings is 2. The van der Waals surface area contributed by atoms with Gasteiger partial charge in [-0.15, -0.1) is 0 Å². The highest BCUT2D eigenvalue weighted by Gasteiger charge is 2.26. The number of anilines is 1. The van der Waals surface area contributed by atoms with Crippen LogP contribution in [0.2, 0.25) is 0 Å². The minimum Gasteiger partial charge on any atom is -0.496 e. The van der Waals surface area contributed by atoms with E-state index in [2.05, 4.69) is 12.2 Å². The highest BCUT2D eigenvalue weighted by atomic mass is 32.2. The number of nitrogens with one attached hydrogen (secondary N) is 1. The lowest BCUT2D eigenvalue weighted by Gasteiger charge is -2.25. The minimum absolute atomic E-state index is 0.0797. The molecule has 0 aromatic heterocycles. The summed E-state index contributed by atoms with van der Waals surface area (Å²) >= 11 is 0. The van der Waals surface area contributed by atoms with Gasteiger partial charge in [-0.05, 0) is 67.0 Å². The van der Waals surface area contributed by atoms with Crippen LogP contribution in [0.4, 0.5) is 5.69 Å². The van der Waals surface area contributed by atoms with Crippen molar-refractivity contribution in [1.29, 1.82) is 0 Å². The third-order valence-electron chi connectivity index (χ3n) is 6.58. The SMILES string of the molecule is CCCCCC(CC(=O)Nc1cc(S(N)(=O)=O)ccc1C(C)(C)C)c1ccc(S(=O)(=O)C(C)C)cc1OC. The second-order valence-electron chi connectivity index (χ2n) is 10.9. The van der Waals surface area contributed by atoms with Crippen LogP contribution in [0.3, 0.4) is 0 Å². The molecule has 0 saturated heterocycles. The maximum atomic E-state index is 13.4. The maximum absolute atomic E-state index is 13.4. The van der Waals surface area contributed by atoms with Crippen LogP contribution in [0.5, 0.6) is 5.75 Å². The molecular formula is C28H42N2O6S2. The molecule has 2 aromatic carbocycles. The van der Waals surface area contributed by atoms with E-state index in [9.17, 15) is 21.6 Å². The molecule has 0 aliphatic carbocycles. The standard InChI is InChI=1S/C28H42N2O6S2/c1-8-9-10-11-20(23-14-12-21(18-26(23)36-7)37(32,33)19(2)3)16-27(31)30-25-17-22(38(29,34)35)13-15-24(25)28(4,5)6/h12-15,17-20H,8-11,16H2,1-7H3,(H,30,31)(H2,29,34,35). The van der Waals surface area contributed by atoms with Gasteiger partial charge in [-0.1, -0.05) is 59.1 Å². The summed E-state index contributed by atoms with van der Waals surface area (Å²) in [7, 11) is -5.95. The van der Waals surface area contributed by atoms with Crippen LogP contribution in [-0.4, -0.2) is 35.1 Å². The van der Waals surface area contributed by atoms with Crippen LogP contribution in [0.25, 0.3) is 0 Å². The minimum atomic E-state index is -3.95. The first kappa shape index (κ1) is 31.8. The van der Waals surface area contributed by atoms with E-state index >= 15 is 0 Å². The third kappa shape index (κ3) is 8.04. The Morgan fingerprint density at radius 1 is 1.00 bits per heavy atom. The van der Waals surface area contributed by atoms with Gasteiger partial charge in [0.1, 0.15) is 5.75 Å². The molecule has 0 aliphatic heterocycles. The van der Waals surface area contributed by atoms with E-state index in [4.69, 9.17) is 9.88 Å². The second kappa shape index (κ2) is 12.6. The van der Waals surface area contributed by atoms with Crippen molar-refractivity contribution in [3.63, 3.8) is 0 Å². The Hall–Kier alpha value is -2.43. The zero-order chi connectivity index (χ0) is 28.9. The molecule has 0 bridgehead atoms. The molecule has 0 aliphatic rings. The van der Waals surface area contributed by atoms with Gasteiger partial charge in [-0.3, -0.25) is 4.79 Å². The van der Waals surface area contributed by atoms with Crippen molar-refractivity contribution in [2.45, 2.75) is 100 Å². The van der Waals surface area contributed by atoms with E-state index in [1.165, 1.54) is 25.3 Å². The Bertz CT molecular complexity index is 1340. The summed E-state index contributed by atoms with van der Waals surface area (Å²) in [4.78, 5) is 13.5. The summed E-state index contributed by atoms with van der Waals surface area (Å²) in [5.41, 5.74) is 1.57. The number of hydrogen-bond donors (Lipinski definition) is 2. The Balaban J connectivity index is 2.46. The van der Waals surface area contributed by atoms with Crippen molar-refractivity contribution >= 4 is 31.5 Å². The number of unbranched alkanes of at least 4 members (excludes halogenated alkanes) is 2. The van der Waals surface area contributed by atoms with Gasteiger partial charge in [-0.25, -0.2) is 22.0 Å². The van der Waals surface area contributed by atoms with Gasteiger partial charge in [0.2, 0.25) is 15.9 Å². The molecule has 3 N–H and O–H groups in total. The van der Waals surface area contributed by atoms with E-state index in [1.807, 2.05) is 20.8 Å². The number of carbonyl (C=O) groups excluding carboxylic acids is 1. The summed E-state index contributed by atoms with van der Waals surface area (Å²) in [6.45, 7) is 11.3. The number of sulfonamides is 1. The molecule has 1 unspecified atom stereocenters. The van der Waals surface area contributed by atoms with Crippen LogP contribution in [0.1, 0.15) is 90.7 Å². The number of primary sulfonamides is 1. The lowest BCUT2D eigenvalue weighted by atomic mass is 9.85. The molecule has 2 rings (SSSR count). The summed E-state index contributed by atoms with van der Waals surface area (Å²) < 4.78 is 54.9. The zero-order valence-corrected chi connectivity index (χ0v) is 25.1. The molecule has 212 valence electrons. The van der Waals surface area contributed by atoms with Crippen molar-refractivity contribution in [1.82, 2.24) is 0 Å². The predicted octanol–water partition coefficient (Wildman–Crippen LogP) is 5.51. The number of rotatable bonds is 12. The lowest BCUT2D eigenvalue weighted by Crippen LogP contribution is -2.22. The van der Waals surface area contributed by atoms with Crippen LogP contribution < -0.4 is 15.2 Å². The number of methoxy groups -OCH3 is 1. The number of hydrogen-bond acceptors (Lipinski definition) is 6. The van der Waals surface area contributed by atoms with Crippen LogP contribution in [0.15, 0.2) is 46.2 Å². The first-order valence-electron chi connectivity index (χ1n) is 12.9. The van der Waals surface area contributed by atoms with Crippen LogP contribution in [-0.2, 0) is 30.1 Å². The molecule has 0 spiro atoms. The zero-order valence-electron chi connectivity index (χ0n) is 23.5. The molecule has 0 fully saturated rings. The fourth-order valence-corrected chi connectivity index (χ4v) is 5.98. The van der Waals surface area contributed by atoms with Gasteiger partial charge in [0.05, 0.1) is 22.2 Å². The van der Waals surface area contributed by atoms with Crippen molar-refractivity contribution in [2.75, 3.05) is 12.4 Å². The van der Waals surface area contributed by atoms with Crippen LogP contribution >= 0.6 is 0 Å². The van der Waals surface area contributed by atoms with E-state index in [1.54, 1.807) is 32.0 Å². The summed E-state index contributed by atoms with van der Waals surface area (Å²) in [5, 5.41) is 7.67. The van der Waals surface area contributed by atoms with Gasteiger partial charge >= 0.3 is 0 Å². The fraction of sp³-hybridized carbons (Fsp3) is 0.536. The predicted molar refractivity (Wildman–Crippen MR) is 152 cm³/mol. The number of ether oxygens (including phenoxy) is 1. The molecule has 0 heterocycles. The number of carbonyl (C=O) groups is 1. The molecule has 10 heteroatoms. The van der Waals surface area contributed by atoms with Crippen molar-refractivity contribution in [2.24, 2.45) is 5.14 Å². The lowest BCUT2D eigenvalue weighted by molar-refractivity contribution is -0.116. The normalized spacial score (nSPS) is 13.4. The maximum Gasteiger partial charge on any atom is 0.238 e. The van der Waals surface area contributed by atoms with Gasteiger partial charge in [0.25, 0.3) is 0 Å². The molecule has 2 aromatic rings. The number of nitrogens with two attached hydrogens (primary N) is 1. The molecule has 0 radical (unpaired) electrons. The van der Waals surface area contributed by atoms with E-state index < -0.39 is 25.1 Å². The summed E-state index contributed by atoms with van der Waals surface area (Å²) in [6, 6.07) is 9.35. The average Bonchev–Trinajstić information content (AvgIpc) is 2.81. The van der Waals surface area contributed by atoms with Crippen molar-refractivity contribution in [3.8, 4) is 5.75 Å². The van der Waals surface area contributed by atoms with Crippen LogP contribution in [0, 0.1) is 0 Å². The summed E-state index contributed by atoms with van der Waals surface area (Å²) in [6.07, 6.45) is 3.70. The van der Waals surface area contributed by atoms with Gasteiger partial charge in [0, 0.05) is 12.1 Å². The van der Waals surface area contributed by atoms with Crippen molar-refractivity contribution < 1.29 is 26.4 Å². The van der Waals surface area contributed by atoms with E-state index in [0.717, 1.165) is 30.4 Å². The van der Waals surface area contributed by atoms with Crippen molar-refractivity contribution in [3.05, 3.63) is 47.5 Å². The second-order valence-corrected chi connectivity index (χ2v) is 15.0. The smallest absolute Gasteiger partial charge is 0.238 e. The molecule has 0 saturated carbocycles. The molecule has 1 atom stereocenters. The first-order valence-corrected chi connectivity index (χ1v) is 16.0. The highest BCUT2D eigenvalue weighted by Crippen LogP contribution is 2.37. The quantitative estimate of drug-likeness (QED) is 0.325. The molecule has 8 nitrogen and oxygen atoms in total. The number of amides is 1. The average molecular weight is 567 g/mol. The van der Waals surface area contributed by atoms with Gasteiger partial charge < -0.3 is 10.1 Å². The van der Waals surface area contributed by atoms with E-state index in [0.29, 0.717) is 17.9 Å². The topological polar surface area (TPSA) is 133 Å². The Labute approximate surface area is 228 Å². The van der Waals surface area contributed by atoms with E-state index in [-0.39, 0.29) is 33.5 Å². The Morgan fingerprint density at radius 3 is 2.16 bits per heavy atom. The molecule has 38 heavy (non-hydrogen) atoms. The molecular weight excluding hydrogens is 524 g/mol. The monoisotopic (exact) mass is 566 g/mol. The third-order valence-corrected chi connectivity index (χ3v) is 9.65. The number of sulfone groups is 1. The summed E-state index contributed by atoms with van der Waals surface area (Å²) in [5.74, 6) is -0.0936. The Kier molecular flexibility index (Phi) is 10.6. The highest BCUT2D eigenvalue weighted by molar-refractivity contribution is 7.92. The first-order chi connectivity index (χ1) is 17.5.